The van der Waals surface area contributed by atoms with Crippen LogP contribution < -0.4 is 15.7 Å². The minimum atomic E-state index is -0.428. The molecule has 3 rings (SSSR count). The van der Waals surface area contributed by atoms with E-state index in [0.717, 1.165) is 42.6 Å². The van der Waals surface area contributed by atoms with Crippen molar-refractivity contribution in [2.24, 2.45) is 5.92 Å². The molecule has 1 fully saturated rings. The van der Waals surface area contributed by atoms with Gasteiger partial charge in [-0.05, 0) is 50.2 Å². The summed E-state index contributed by atoms with van der Waals surface area (Å²) < 4.78 is 10.7. The van der Waals surface area contributed by atoms with Crippen LogP contribution in [0.5, 0.6) is 5.75 Å². The van der Waals surface area contributed by atoms with Gasteiger partial charge in [-0.3, -0.25) is 4.79 Å². The molecule has 1 amide bonds. The van der Waals surface area contributed by atoms with Crippen LogP contribution in [0.2, 0.25) is 5.02 Å². The van der Waals surface area contributed by atoms with Crippen LogP contribution in [0.3, 0.4) is 0 Å². The number of nitrogens with one attached hydrogen (secondary N) is 1. The zero-order chi connectivity index (χ0) is 18.0. The second kappa shape index (κ2) is 7.48. The van der Waals surface area contributed by atoms with Crippen molar-refractivity contribution in [1.29, 1.82) is 0 Å². The molecule has 0 aliphatic heterocycles. The van der Waals surface area contributed by atoms with E-state index in [4.69, 9.17) is 20.8 Å². The minimum Gasteiger partial charge on any atom is -0.482 e. The second-order valence-corrected chi connectivity index (χ2v) is 7.25. The molecular formula is C19H22ClNO4. The molecule has 5 nitrogen and oxygen atoms in total. The maximum Gasteiger partial charge on any atom is 0.336 e. The molecule has 1 saturated carbocycles. The highest BCUT2D eigenvalue weighted by Crippen LogP contribution is 2.31. The van der Waals surface area contributed by atoms with Gasteiger partial charge in [0.25, 0.3) is 5.91 Å². The Morgan fingerprint density at radius 3 is 2.72 bits per heavy atom. The lowest BCUT2D eigenvalue weighted by molar-refractivity contribution is -0.124. The van der Waals surface area contributed by atoms with Gasteiger partial charge in [0.15, 0.2) is 6.61 Å². The van der Waals surface area contributed by atoms with Gasteiger partial charge in [0.1, 0.15) is 11.3 Å². The summed E-state index contributed by atoms with van der Waals surface area (Å²) in [6, 6.07) is 4.88. The summed E-state index contributed by atoms with van der Waals surface area (Å²) in [6.07, 6.45) is 4.30. The van der Waals surface area contributed by atoms with E-state index >= 15 is 0 Å². The van der Waals surface area contributed by atoms with E-state index in [9.17, 15) is 9.59 Å². The lowest BCUT2D eigenvalue weighted by Gasteiger charge is -2.26. The number of aryl methyl sites for hydroxylation is 1. The molecule has 25 heavy (non-hydrogen) atoms. The average Bonchev–Trinajstić information content (AvgIpc) is 2.56. The van der Waals surface area contributed by atoms with Gasteiger partial charge in [0.2, 0.25) is 0 Å². The molecular weight excluding hydrogens is 342 g/mol. The third-order valence-corrected chi connectivity index (χ3v) is 5.04. The van der Waals surface area contributed by atoms with E-state index in [1.54, 1.807) is 12.1 Å². The van der Waals surface area contributed by atoms with Crippen LogP contribution in [0.1, 0.15) is 38.2 Å². The van der Waals surface area contributed by atoms with E-state index in [0.29, 0.717) is 16.4 Å². The first-order valence-corrected chi connectivity index (χ1v) is 8.96. The van der Waals surface area contributed by atoms with Crippen molar-refractivity contribution in [2.75, 3.05) is 6.61 Å². The second-order valence-electron chi connectivity index (χ2n) is 6.84. The molecule has 2 aromatic rings. The number of benzene rings is 1. The number of amides is 1. The number of rotatable bonds is 4. The Kier molecular flexibility index (Phi) is 5.33. The van der Waals surface area contributed by atoms with Crippen LogP contribution in [0.25, 0.3) is 11.0 Å². The summed E-state index contributed by atoms with van der Waals surface area (Å²) in [5.74, 6) is 0.899. The molecule has 0 bridgehead atoms. The SMILES string of the molecule is Cc1cc(=O)oc2cc(OCC(=O)NC3CCC(C)CC3)c(Cl)cc12. The first kappa shape index (κ1) is 17.8. The molecule has 6 heteroatoms. The molecule has 0 radical (unpaired) electrons. The Bertz CT molecular complexity index is 837. The molecule has 0 atom stereocenters. The Labute approximate surface area is 151 Å². The fourth-order valence-electron chi connectivity index (χ4n) is 3.25. The van der Waals surface area contributed by atoms with Crippen LogP contribution in [0, 0.1) is 12.8 Å². The van der Waals surface area contributed by atoms with Crippen LogP contribution in [0.15, 0.2) is 27.4 Å². The maximum absolute atomic E-state index is 12.1. The van der Waals surface area contributed by atoms with Crippen LogP contribution in [-0.4, -0.2) is 18.6 Å². The van der Waals surface area contributed by atoms with Gasteiger partial charge < -0.3 is 14.5 Å². The summed E-state index contributed by atoms with van der Waals surface area (Å²) in [5.41, 5.74) is 0.748. The standard InChI is InChI=1S/C19H22ClNO4/c1-11-3-5-13(6-4-11)21-18(22)10-24-17-9-16-14(8-15(17)20)12(2)7-19(23)25-16/h7-9,11,13H,3-6,10H2,1-2H3,(H,21,22). The van der Waals surface area contributed by atoms with E-state index in [1.165, 1.54) is 6.07 Å². The van der Waals surface area contributed by atoms with Crippen molar-refractivity contribution in [3.8, 4) is 5.75 Å². The van der Waals surface area contributed by atoms with Crippen molar-refractivity contribution < 1.29 is 13.9 Å². The zero-order valence-corrected chi connectivity index (χ0v) is 15.2. The predicted octanol–water partition coefficient (Wildman–Crippen LogP) is 3.83. The molecule has 0 unspecified atom stereocenters. The van der Waals surface area contributed by atoms with Gasteiger partial charge in [-0.25, -0.2) is 4.79 Å². The van der Waals surface area contributed by atoms with Gasteiger partial charge >= 0.3 is 5.63 Å². The van der Waals surface area contributed by atoms with Crippen LogP contribution in [0.4, 0.5) is 0 Å². The molecule has 0 saturated heterocycles. The number of hydrogen-bond acceptors (Lipinski definition) is 4. The lowest BCUT2D eigenvalue weighted by atomic mass is 9.87. The average molecular weight is 364 g/mol. The van der Waals surface area contributed by atoms with Crippen molar-refractivity contribution in [1.82, 2.24) is 5.32 Å². The molecule has 1 aliphatic rings. The highest BCUT2D eigenvalue weighted by molar-refractivity contribution is 6.32. The molecule has 1 aromatic carbocycles. The van der Waals surface area contributed by atoms with Gasteiger partial charge in [0, 0.05) is 23.6 Å². The molecule has 1 aromatic heterocycles. The highest BCUT2D eigenvalue weighted by Gasteiger charge is 2.20. The molecule has 1 heterocycles. The van der Waals surface area contributed by atoms with Crippen molar-refractivity contribution >= 4 is 28.5 Å². The lowest BCUT2D eigenvalue weighted by Crippen LogP contribution is -2.39. The van der Waals surface area contributed by atoms with Gasteiger partial charge in [-0.2, -0.15) is 0 Å². The maximum atomic E-state index is 12.1. The number of carbonyl (C=O) groups excluding carboxylic acids is 1. The Hall–Kier alpha value is -2.01. The van der Waals surface area contributed by atoms with Crippen LogP contribution in [-0.2, 0) is 4.79 Å². The summed E-state index contributed by atoms with van der Waals surface area (Å²) >= 11 is 6.23. The Morgan fingerprint density at radius 2 is 2.00 bits per heavy atom. The first-order chi connectivity index (χ1) is 11.9. The smallest absolute Gasteiger partial charge is 0.336 e. The summed E-state index contributed by atoms with van der Waals surface area (Å²) in [4.78, 5) is 23.6. The number of ether oxygens (including phenoxy) is 1. The first-order valence-electron chi connectivity index (χ1n) is 8.58. The van der Waals surface area contributed by atoms with E-state index < -0.39 is 5.63 Å². The number of carbonyl (C=O) groups is 1. The predicted molar refractivity (Wildman–Crippen MR) is 97.3 cm³/mol. The monoisotopic (exact) mass is 363 g/mol. The largest absolute Gasteiger partial charge is 0.482 e. The fraction of sp³-hybridized carbons (Fsp3) is 0.474. The fourth-order valence-corrected chi connectivity index (χ4v) is 3.47. The van der Waals surface area contributed by atoms with E-state index in [-0.39, 0.29) is 18.6 Å². The third kappa shape index (κ3) is 4.34. The van der Waals surface area contributed by atoms with E-state index in [2.05, 4.69) is 12.2 Å². The molecule has 1 N–H and O–H groups in total. The number of hydrogen-bond donors (Lipinski definition) is 1. The van der Waals surface area contributed by atoms with Crippen molar-refractivity contribution in [3.05, 3.63) is 39.2 Å². The topological polar surface area (TPSA) is 68.5 Å². The number of fused-ring (bicyclic) bond motifs is 1. The normalized spacial score (nSPS) is 20.4. The summed E-state index contributed by atoms with van der Waals surface area (Å²) in [6.45, 7) is 3.94. The van der Waals surface area contributed by atoms with Crippen molar-refractivity contribution in [3.63, 3.8) is 0 Å². The zero-order valence-electron chi connectivity index (χ0n) is 14.4. The van der Waals surface area contributed by atoms with Gasteiger partial charge in [-0.1, -0.05) is 18.5 Å². The molecule has 0 spiro atoms. The number of halogens is 1. The third-order valence-electron chi connectivity index (χ3n) is 4.74. The van der Waals surface area contributed by atoms with Gasteiger partial charge in [0.05, 0.1) is 5.02 Å². The van der Waals surface area contributed by atoms with Crippen LogP contribution >= 0.6 is 11.6 Å². The Morgan fingerprint density at radius 1 is 1.28 bits per heavy atom. The van der Waals surface area contributed by atoms with Crippen molar-refractivity contribution in [2.45, 2.75) is 45.6 Å². The minimum absolute atomic E-state index is 0.118. The Balaban J connectivity index is 1.65. The highest BCUT2D eigenvalue weighted by atomic mass is 35.5. The van der Waals surface area contributed by atoms with Gasteiger partial charge in [-0.15, -0.1) is 0 Å². The molecule has 1 aliphatic carbocycles. The quantitative estimate of drug-likeness (QED) is 0.838. The summed E-state index contributed by atoms with van der Waals surface area (Å²) in [7, 11) is 0. The van der Waals surface area contributed by atoms with E-state index in [1.807, 2.05) is 6.92 Å². The summed E-state index contributed by atoms with van der Waals surface area (Å²) in [5, 5.41) is 4.13. The molecule has 134 valence electrons.